The minimum Gasteiger partial charge on any atom is -0.340 e. The van der Waals surface area contributed by atoms with Crippen LogP contribution < -0.4 is 5.32 Å². The van der Waals surface area contributed by atoms with Crippen molar-refractivity contribution in [3.05, 3.63) is 58.9 Å². The molecule has 2 heterocycles. The molecule has 1 aromatic carbocycles. The van der Waals surface area contributed by atoms with E-state index in [2.05, 4.69) is 42.3 Å². The highest BCUT2D eigenvalue weighted by Gasteiger charge is 2.07. The molecule has 0 aliphatic rings. The summed E-state index contributed by atoms with van der Waals surface area (Å²) in [6.07, 6.45) is 3.73. The number of fused-ring (bicyclic) bond motifs is 1. The van der Waals surface area contributed by atoms with Crippen molar-refractivity contribution in [2.24, 2.45) is 0 Å². The number of rotatable bonds is 2. The summed E-state index contributed by atoms with van der Waals surface area (Å²) in [6.45, 7) is 4.19. The van der Waals surface area contributed by atoms with E-state index in [0.29, 0.717) is 5.02 Å². The number of anilines is 2. The number of para-hydroxylation sites is 1. The number of aryl methyl sites for hydroxylation is 2. The summed E-state index contributed by atoms with van der Waals surface area (Å²) in [4.78, 5) is 4.35. The zero-order valence-corrected chi connectivity index (χ0v) is 11.6. The maximum Gasteiger partial charge on any atom is 0.139 e. The molecule has 0 saturated heterocycles. The van der Waals surface area contributed by atoms with E-state index in [0.717, 1.165) is 17.2 Å². The maximum absolute atomic E-state index is 5.96. The number of aromatic nitrogens is 2. The van der Waals surface area contributed by atoms with Gasteiger partial charge in [0.1, 0.15) is 11.5 Å². The number of benzene rings is 1. The number of hydrogen-bond donors (Lipinski definition) is 1. The largest absolute Gasteiger partial charge is 0.340 e. The third kappa shape index (κ3) is 2.17. The van der Waals surface area contributed by atoms with Crippen molar-refractivity contribution in [2.45, 2.75) is 13.8 Å². The normalized spacial score (nSPS) is 10.9. The summed E-state index contributed by atoms with van der Waals surface area (Å²) in [5, 5.41) is 4.13. The molecule has 3 rings (SSSR count). The minimum absolute atomic E-state index is 0.691. The fraction of sp³-hybridized carbons (Fsp3) is 0.133. The molecule has 0 unspecified atom stereocenters. The van der Waals surface area contributed by atoms with Gasteiger partial charge < -0.3 is 5.32 Å². The second-order valence-electron chi connectivity index (χ2n) is 4.61. The van der Waals surface area contributed by atoms with Crippen LogP contribution in [0.5, 0.6) is 0 Å². The van der Waals surface area contributed by atoms with Crippen molar-refractivity contribution in [1.29, 1.82) is 0 Å². The van der Waals surface area contributed by atoms with Crippen LogP contribution in [0.15, 0.2) is 42.7 Å². The Morgan fingerprint density at radius 1 is 1.16 bits per heavy atom. The van der Waals surface area contributed by atoms with Crippen LogP contribution in [0.3, 0.4) is 0 Å². The molecule has 4 heteroatoms. The van der Waals surface area contributed by atoms with Gasteiger partial charge in [-0.05, 0) is 31.0 Å². The van der Waals surface area contributed by atoms with E-state index in [1.165, 1.54) is 11.1 Å². The number of hydrogen-bond acceptors (Lipinski definition) is 2. The van der Waals surface area contributed by atoms with Crippen LogP contribution in [0.2, 0.25) is 5.02 Å². The van der Waals surface area contributed by atoms with Crippen molar-refractivity contribution in [1.82, 2.24) is 9.38 Å². The monoisotopic (exact) mass is 271 g/mol. The molecule has 19 heavy (non-hydrogen) atoms. The molecule has 1 N–H and O–H groups in total. The van der Waals surface area contributed by atoms with Crippen LogP contribution in [-0.4, -0.2) is 9.38 Å². The molecule has 0 saturated carbocycles. The second-order valence-corrected chi connectivity index (χ2v) is 5.04. The molecule has 96 valence electrons. The average Bonchev–Trinajstić information content (AvgIpc) is 2.76. The maximum atomic E-state index is 5.96. The fourth-order valence-electron chi connectivity index (χ4n) is 2.19. The molecule has 0 radical (unpaired) electrons. The van der Waals surface area contributed by atoms with Crippen molar-refractivity contribution in [3.63, 3.8) is 0 Å². The Kier molecular flexibility index (Phi) is 2.91. The van der Waals surface area contributed by atoms with E-state index in [-0.39, 0.29) is 0 Å². The lowest BCUT2D eigenvalue weighted by Gasteiger charge is -2.12. The highest BCUT2D eigenvalue weighted by molar-refractivity contribution is 6.30. The van der Waals surface area contributed by atoms with E-state index in [1.54, 1.807) is 0 Å². The molecular formula is C15H14ClN3. The summed E-state index contributed by atoms with van der Waals surface area (Å²) in [7, 11) is 0. The number of nitrogens with one attached hydrogen (secondary N) is 1. The molecule has 0 amide bonds. The second kappa shape index (κ2) is 4.59. The van der Waals surface area contributed by atoms with Crippen molar-refractivity contribution < 1.29 is 0 Å². The Bertz CT molecular complexity index is 726. The zero-order chi connectivity index (χ0) is 13.4. The first kappa shape index (κ1) is 12.1. The highest BCUT2D eigenvalue weighted by atomic mass is 35.5. The van der Waals surface area contributed by atoms with Gasteiger partial charge in [-0.3, -0.25) is 4.40 Å². The third-order valence-corrected chi connectivity index (χ3v) is 3.44. The molecule has 3 aromatic rings. The van der Waals surface area contributed by atoms with Crippen molar-refractivity contribution in [3.8, 4) is 0 Å². The van der Waals surface area contributed by atoms with Crippen LogP contribution in [0.25, 0.3) is 5.65 Å². The van der Waals surface area contributed by atoms with Crippen molar-refractivity contribution in [2.75, 3.05) is 5.32 Å². The van der Waals surface area contributed by atoms with Gasteiger partial charge in [0, 0.05) is 23.0 Å². The number of imidazole rings is 1. The molecular weight excluding hydrogens is 258 g/mol. The van der Waals surface area contributed by atoms with Gasteiger partial charge in [-0.25, -0.2) is 4.98 Å². The Balaban J connectivity index is 2.06. The Morgan fingerprint density at radius 3 is 2.63 bits per heavy atom. The SMILES string of the molecule is Cc1cccc(C)c1Nc1cnc2cc(Cl)ccn12. The molecule has 0 atom stereocenters. The Hall–Kier alpha value is -2.00. The lowest BCUT2D eigenvalue weighted by molar-refractivity contribution is 1.18. The first-order chi connectivity index (χ1) is 9.15. The number of pyridine rings is 1. The van der Waals surface area contributed by atoms with Gasteiger partial charge in [-0.2, -0.15) is 0 Å². The van der Waals surface area contributed by atoms with Gasteiger partial charge in [0.25, 0.3) is 0 Å². The summed E-state index contributed by atoms with van der Waals surface area (Å²) in [5.74, 6) is 0.934. The quantitative estimate of drug-likeness (QED) is 0.751. The van der Waals surface area contributed by atoms with E-state index >= 15 is 0 Å². The third-order valence-electron chi connectivity index (χ3n) is 3.21. The van der Waals surface area contributed by atoms with Gasteiger partial charge in [0.05, 0.1) is 6.20 Å². The van der Waals surface area contributed by atoms with Gasteiger partial charge in [-0.1, -0.05) is 29.8 Å². The molecule has 0 bridgehead atoms. The predicted octanol–water partition coefficient (Wildman–Crippen LogP) is 4.35. The first-order valence-corrected chi connectivity index (χ1v) is 6.49. The number of halogens is 1. The van der Waals surface area contributed by atoms with Gasteiger partial charge in [0.2, 0.25) is 0 Å². The van der Waals surface area contributed by atoms with E-state index in [9.17, 15) is 0 Å². The lowest BCUT2D eigenvalue weighted by Crippen LogP contribution is -1.98. The van der Waals surface area contributed by atoms with Crippen LogP contribution >= 0.6 is 11.6 Å². The zero-order valence-electron chi connectivity index (χ0n) is 10.8. The molecule has 3 nitrogen and oxygen atoms in total. The summed E-state index contributed by atoms with van der Waals surface area (Å²) in [6, 6.07) is 9.94. The van der Waals surface area contributed by atoms with E-state index in [4.69, 9.17) is 11.6 Å². The smallest absolute Gasteiger partial charge is 0.139 e. The van der Waals surface area contributed by atoms with Crippen LogP contribution in [0, 0.1) is 13.8 Å². The summed E-state index contributed by atoms with van der Waals surface area (Å²) < 4.78 is 1.98. The Labute approximate surface area is 116 Å². The molecule has 0 aliphatic carbocycles. The van der Waals surface area contributed by atoms with E-state index in [1.807, 2.05) is 28.9 Å². The molecule has 0 aliphatic heterocycles. The predicted molar refractivity (Wildman–Crippen MR) is 79.4 cm³/mol. The standard InChI is InChI=1S/C15H14ClN3/c1-10-4-3-5-11(2)15(10)18-14-9-17-13-8-12(16)6-7-19(13)14/h3-9,18H,1-2H3. The topological polar surface area (TPSA) is 29.3 Å². The summed E-state index contributed by atoms with van der Waals surface area (Å²) in [5.41, 5.74) is 4.38. The lowest BCUT2D eigenvalue weighted by atomic mass is 10.1. The number of nitrogens with zero attached hydrogens (tertiary/aromatic N) is 2. The highest BCUT2D eigenvalue weighted by Crippen LogP contribution is 2.25. The van der Waals surface area contributed by atoms with Crippen LogP contribution in [0.4, 0.5) is 11.5 Å². The van der Waals surface area contributed by atoms with Crippen molar-refractivity contribution >= 4 is 28.8 Å². The molecule has 0 spiro atoms. The van der Waals surface area contributed by atoms with Crippen LogP contribution in [-0.2, 0) is 0 Å². The first-order valence-electron chi connectivity index (χ1n) is 6.11. The van der Waals surface area contributed by atoms with Gasteiger partial charge in [0.15, 0.2) is 0 Å². The van der Waals surface area contributed by atoms with Crippen LogP contribution in [0.1, 0.15) is 11.1 Å². The van der Waals surface area contributed by atoms with E-state index < -0.39 is 0 Å². The average molecular weight is 272 g/mol. The Morgan fingerprint density at radius 2 is 1.89 bits per heavy atom. The minimum atomic E-state index is 0.691. The molecule has 2 aromatic heterocycles. The van der Waals surface area contributed by atoms with Gasteiger partial charge >= 0.3 is 0 Å². The van der Waals surface area contributed by atoms with Gasteiger partial charge in [-0.15, -0.1) is 0 Å². The summed E-state index contributed by atoms with van der Waals surface area (Å²) >= 11 is 5.96. The fourth-order valence-corrected chi connectivity index (χ4v) is 2.34. The molecule has 0 fully saturated rings.